The normalized spacial score (nSPS) is 15.0. The van der Waals surface area contributed by atoms with E-state index in [0.29, 0.717) is 43.8 Å². The van der Waals surface area contributed by atoms with Crippen LogP contribution >= 0.6 is 0 Å². The maximum Gasteiger partial charge on any atom is 0.289 e. The second-order valence-corrected chi connectivity index (χ2v) is 6.17. The first-order valence-corrected chi connectivity index (χ1v) is 8.15. The summed E-state index contributed by atoms with van der Waals surface area (Å²) in [4.78, 5) is 20.7. The van der Waals surface area contributed by atoms with E-state index in [4.69, 9.17) is 4.42 Å². The number of hydrogen-bond donors (Lipinski definition) is 1. The highest BCUT2D eigenvalue weighted by Gasteiger charge is 2.24. The molecule has 0 saturated carbocycles. The first-order chi connectivity index (χ1) is 11.6. The molecule has 3 heterocycles. The average molecular weight is 330 g/mol. The van der Waals surface area contributed by atoms with Crippen molar-refractivity contribution >= 4 is 17.7 Å². The average Bonchev–Trinajstić information content (AvgIpc) is 3.14. The third-order valence-electron chi connectivity index (χ3n) is 3.84. The second-order valence-electron chi connectivity index (χ2n) is 6.17. The minimum absolute atomic E-state index is 0.0697. The summed E-state index contributed by atoms with van der Waals surface area (Å²) in [6.07, 6.45) is 3.17. The smallest absolute Gasteiger partial charge is 0.289 e. The molecule has 1 amide bonds. The van der Waals surface area contributed by atoms with Crippen LogP contribution in [0.1, 0.15) is 24.4 Å². The topological polar surface area (TPSA) is 87.4 Å². The molecule has 1 N–H and O–H groups in total. The van der Waals surface area contributed by atoms with Gasteiger partial charge in [-0.05, 0) is 18.1 Å². The molecule has 1 fully saturated rings. The number of carbonyl (C=O) groups is 1. The zero-order chi connectivity index (χ0) is 16.9. The summed E-state index contributed by atoms with van der Waals surface area (Å²) in [6, 6.07) is 3.41. The number of carbonyl (C=O) groups excluding carboxylic acids is 1. The van der Waals surface area contributed by atoms with E-state index >= 15 is 0 Å². The summed E-state index contributed by atoms with van der Waals surface area (Å²) < 4.78 is 5.18. The van der Waals surface area contributed by atoms with Crippen molar-refractivity contribution in [3.8, 4) is 0 Å². The fourth-order valence-electron chi connectivity index (χ4n) is 2.51. The molecule has 0 aromatic carbocycles. The molecule has 2 aromatic rings. The van der Waals surface area contributed by atoms with E-state index in [-0.39, 0.29) is 5.91 Å². The van der Waals surface area contributed by atoms with Gasteiger partial charge in [0.1, 0.15) is 0 Å². The van der Waals surface area contributed by atoms with Crippen LogP contribution in [-0.4, -0.2) is 58.7 Å². The lowest BCUT2D eigenvalue weighted by atomic mass is 10.2. The van der Waals surface area contributed by atoms with Crippen LogP contribution in [0.25, 0.3) is 0 Å². The SMILES string of the molecule is CC(C)CNc1nncc(N2CCN(C(=O)c3ccco3)CC2)n1. The first kappa shape index (κ1) is 16.2. The van der Waals surface area contributed by atoms with Crippen molar-refractivity contribution in [3.05, 3.63) is 30.4 Å². The molecule has 8 nitrogen and oxygen atoms in total. The molecule has 0 radical (unpaired) electrons. The van der Waals surface area contributed by atoms with Crippen LogP contribution < -0.4 is 10.2 Å². The Balaban J connectivity index is 1.58. The Labute approximate surface area is 140 Å². The van der Waals surface area contributed by atoms with Crippen LogP contribution in [0.3, 0.4) is 0 Å². The van der Waals surface area contributed by atoms with Crippen molar-refractivity contribution in [3.63, 3.8) is 0 Å². The number of nitrogens with zero attached hydrogens (tertiary/aromatic N) is 5. The van der Waals surface area contributed by atoms with Crippen LogP contribution in [0, 0.1) is 5.92 Å². The Morgan fingerprint density at radius 1 is 1.33 bits per heavy atom. The third kappa shape index (κ3) is 3.81. The molecule has 3 rings (SSSR count). The monoisotopic (exact) mass is 330 g/mol. The van der Waals surface area contributed by atoms with Crippen LogP contribution in [0.4, 0.5) is 11.8 Å². The van der Waals surface area contributed by atoms with E-state index in [1.165, 1.54) is 6.26 Å². The van der Waals surface area contributed by atoms with E-state index in [1.807, 2.05) is 0 Å². The van der Waals surface area contributed by atoms with Gasteiger partial charge in [0.25, 0.3) is 5.91 Å². The molecule has 2 aromatic heterocycles. The largest absolute Gasteiger partial charge is 0.459 e. The van der Waals surface area contributed by atoms with Crippen molar-refractivity contribution in [1.82, 2.24) is 20.1 Å². The van der Waals surface area contributed by atoms with Crippen LogP contribution in [-0.2, 0) is 0 Å². The van der Waals surface area contributed by atoms with Gasteiger partial charge in [0.05, 0.1) is 12.5 Å². The van der Waals surface area contributed by atoms with E-state index in [9.17, 15) is 4.79 Å². The maximum absolute atomic E-state index is 12.3. The lowest BCUT2D eigenvalue weighted by molar-refractivity contribution is 0.0714. The number of nitrogens with one attached hydrogen (secondary N) is 1. The van der Waals surface area contributed by atoms with Gasteiger partial charge in [-0.1, -0.05) is 13.8 Å². The van der Waals surface area contributed by atoms with Gasteiger partial charge in [0.15, 0.2) is 11.6 Å². The molecule has 1 aliphatic heterocycles. The number of anilines is 2. The molecule has 0 atom stereocenters. The second kappa shape index (κ2) is 7.29. The summed E-state index contributed by atoms with van der Waals surface area (Å²) in [5, 5.41) is 11.2. The summed E-state index contributed by atoms with van der Waals surface area (Å²) >= 11 is 0. The minimum Gasteiger partial charge on any atom is -0.459 e. The Bertz CT molecular complexity index is 665. The van der Waals surface area contributed by atoms with Gasteiger partial charge < -0.3 is 19.5 Å². The Morgan fingerprint density at radius 2 is 2.12 bits per heavy atom. The van der Waals surface area contributed by atoms with Gasteiger partial charge in [-0.2, -0.15) is 10.1 Å². The van der Waals surface area contributed by atoms with Gasteiger partial charge in [-0.25, -0.2) is 0 Å². The number of hydrogen-bond acceptors (Lipinski definition) is 7. The van der Waals surface area contributed by atoms with E-state index in [2.05, 4.69) is 39.2 Å². The predicted molar refractivity (Wildman–Crippen MR) is 90.0 cm³/mol. The van der Waals surface area contributed by atoms with Crippen LogP contribution in [0.15, 0.2) is 29.0 Å². The van der Waals surface area contributed by atoms with Crippen molar-refractivity contribution < 1.29 is 9.21 Å². The molecule has 8 heteroatoms. The number of aromatic nitrogens is 3. The van der Waals surface area contributed by atoms with Crippen molar-refractivity contribution in [2.24, 2.45) is 5.92 Å². The number of piperazine rings is 1. The fourth-order valence-corrected chi connectivity index (χ4v) is 2.51. The molecular formula is C16H22N6O2. The summed E-state index contributed by atoms with van der Waals surface area (Å²) in [6.45, 7) is 7.70. The number of amides is 1. The number of furan rings is 1. The molecule has 1 aliphatic rings. The highest BCUT2D eigenvalue weighted by molar-refractivity contribution is 5.91. The molecule has 24 heavy (non-hydrogen) atoms. The van der Waals surface area contributed by atoms with Crippen LogP contribution in [0.5, 0.6) is 0 Å². The summed E-state index contributed by atoms with van der Waals surface area (Å²) in [5.41, 5.74) is 0. The zero-order valence-corrected chi connectivity index (χ0v) is 14.0. The highest BCUT2D eigenvalue weighted by Crippen LogP contribution is 2.15. The molecule has 128 valence electrons. The van der Waals surface area contributed by atoms with Crippen molar-refractivity contribution in [1.29, 1.82) is 0 Å². The standard InChI is InChI=1S/C16H22N6O2/c1-12(2)10-17-16-19-14(11-18-20-16)21-5-7-22(8-6-21)15(23)13-4-3-9-24-13/h3-4,9,11-12H,5-8,10H2,1-2H3,(H,17,19,20). The molecule has 0 bridgehead atoms. The minimum atomic E-state index is -0.0697. The van der Waals surface area contributed by atoms with Gasteiger partial charge >= 0.3 is 0 Å². The van der Waals surface area contributed by atoms with E-state index < -0.39 is 0 Å². The predicted octanol–water partition coefficient (Wildman–Crippen LogP) is 1.49. The van der Waals surface area contributed by atoms with Gasteiger partial charge in [0, 0.05) is 32.7 Å². The molecule has 1 saturated heterocycles. The zero-order valence-electron chi connectivity index (χ0n) is 14.0. The molecular weight excluding hydrogens is 308 g/mol. The molecule has 0 aliphatic carbocycles. The first-order valence-electron chi connectivity index (χ1n) is 8.15. The van der Waals surface area contributed by atoms with E-state index in [0.717, 1.165) is 12.4 Å². The Morgan fingerprint density at radius 3 is 2.79 bits per heavy atom. The maximum atomic E-state index is 12.3. The van der Waals surface area contributed by atoms with Gasteiger partial charge in [-0.15, -0.1) is 5.10 Å². The lowest BCUT2D eigenvalue weighted by Crippen LogP contribution is -2.49. The number of rotatable bonds is 5. The fraction of sp³-hybridized carbons (Fsp3) is 0.500. The molecule has 0 unspecified atom stereocenters. The van der Waals surface area contributed by atoms with Gasteiger partial charge in [0.2, 0.25) is 5.95 Å². The molecule has 0 spiro atoms. The third-order valence-corrected chi connectivity index (χ3v) is 3.84. The Hall–Kier alpha value is -2.64. The Kier molecular flexibility index (Phi) is 4.93. The summed E-state index contributed by atoms with van der Waals surface area (Å²) in [5.74, 6) is 2.14. The lowest BCUT2D eigenvalue weighted by Gasteiger charge is -2.34. The van der Waals surface area contributed by atoms with Crippen LogP contribution in [0.2, 0.25) is 0 Å². The van der Waals surface area contributed by atoms with E-state index in [1.54, 1.807) is 23.2 Å². The quantitative estimate of drug-likeness (QED) is 0.888. The van der Waals surface area contributed by atoms with Gasteiger partial charge in [-0.3, -0.25) is 4.79 Å². The highest BCUT2D eigenvalue weighted by atomic mass is 16.3. The summed E-state index contributed by atoms with van der Waals surface area (Å²) in [7, 11) is 0. The van der Waals surface area contributed by atoms with Crippen molar-refractivity contribution in [2.75, 3.05) is 42.9 Å². The van der Waals surface area contributed by atoms with Crippen molar-refractivity contribution in [2.45, 2.75) is 13.8 Å².